The Labute approximate surface area is 151 Å². The van der Waals surface area contributed by atoms with E-state index in [0.717, 1.165) is 36.8 Å². The summed E-state index contributed by atoms with van der Waals surface area (Å²) < 4.78 is 11.1. The Morgan fingerprint density at radius 1 is 1.32 bits per heavy atom. The van der Waals surface area contributed by atoms with Crippen molar-refractivity contribution < 1.29 is 9.47 Å². The monoisotopic (exact) mass is 348 g/mol. The smallest absolute Gasteiger partial charge is 0.213 e. The van der Waals surface area contributed by atoms with E-state index in [1.54, 1.807) is 7.11 Å². The molecular formula is C19H32N4O2. The lowest BCUT2D eigenvalue weighted by atomic mass is 9.98. The van der Waals surface area contributed by atoms with E-state index in [-0.39, 0.29) is 6.04 Å². The van der Waals surface area contributed by atoms with E-state index >= 15 is 0 Å². The molecule has 0 amide bonds. The second-order valence-electron chi connectivity index (χ2n) is 6.58. The first-order chi connectivity index (χ1) is 12.2. The lowest BCUT2D eigenvalue weighted by molar-refractivity contribution is 0.148. The normalized spacial score (nSPS) is 17.2. The van der Waals surface area contributed by atoms with E-state index in [1.807, 2.05) is 18.3 Å². The molecule has 25 heavy (non-hydrogen) atoms. The molecule has 140 valence electrons. The van der Waals surface area contributed by atoms with Crippen LogP contribution in [0.1, 0.15) is 51.5 Å². The van der Waals surface area contributed by atoms with Gasteiger partial charge in [-0.25, -0.2) is 9.98 Å². The van der Waals surface area contributed by atoms with Gasteiger partial charge < -0.3 is 20.1 Å². The first kappa shape index (κ1) is 19.5. The third-order valence-electron chi connectivity index (χ3n) is 4.20. The van der Waals surface area contributed by atoms with Gasteiger partial charge in [0.25, 0.3) is 0 Å². The fourth-order valence-electron chi connectivity index (χ4n) is 2.94. The summed E-state index contributed by atoms with van der Waals surface area (Å²) in [5.41, 5.74) is 1.06. The molecule has 0 spiro atoms. The van der Waals surface area contributed by atoms with Crippen molar-refractivity contribution in [1.29, 1.82) is 0 Å². The van der Waals surface area contributed by atoms with E-state index in [9.17, 15) is 0 Å². The van der Waals surface area contributed by atoms with Crippen molar-refractivity contribution in [2.24, 2.45) is 4.99 Å². The van der Waals surface area contributed by atoms with Crippen LogP contribution in [-0.2, 0) is 11.3 Å². The van der Waals surface area contributed by atoms with Gasteiger partial charge in [0.1, 0.15) is 6.10 Å². The third kappa shape index (κ3) is 7.30. The molecule has 1 aromatic heterocycles. The predicted molar refractivity (Wildman–Crippen MR) is 101 cm³/mol. The maximum absolute atomic E-state index is 5.97. The van der Waals surface area contributed by atoms with E-state index < -0.39 is 0 Å². The summed E-state index contributed by atoms with van der Waals surface area (Å²) in [7, 11) is 1.70. The Balaban J connectivity index is 1.87. The second-order valence-corrected chi connectivity index (χ2v) is 6.58. The molecule has 0 radical (unpaired) electrons. The van der Waals surface area contributed by atoms with Crippen molar-refractivity contribution in [2.75, 3.05) is 20.3 Å². The minimum Gasteiger partial charge on any atom is -0.474 e. The summed E-state index contributed by atoms with van der Waals surface area (Å²) >= 11 is 0. The number of hydrogen-bond donors (Lipinski definition) is 2. The highest BCUT2D eigenvalue weighted by Crippen LogP contribution is 2.22. The number of ether oxygens (including phenoxy) is 2. The molecule has 6 heteroatoms. The summed E-state index contributed by atoms with van der Waals surface area (Å²) in [5, 5.41) is 6.57. The van der Waals surface area contributed by atoms with E-state index in [0.29, 0.717) is 19.3 Å². The highest BCUT2D eigenvalue weighted by molar-refractivity contribution is 5.80. The number of rotatable bonds is 8. The molecule has 0 bridgehead atoms. The molecule has 1 aliphatic rings. The molecule has 1 aliphatic carbocycles. The first-order valence-electron chi connectivity index (χ1n) is 9.36. The van der Waals surface area contributed by atoms with Crippen LogP contribution in [0.2, 0.25) is 0 Å². The molecule has 1 aromatic rings. The van der Waals surface area contributed by atoms with Crippen LogP contribution in [0.3, 0.4) is 0 Å². The van der Waals surface area contributed by atoms with Crippen molar-refractivity contribution >= 4 is 5.96 Å². The number of pyridine rings is 1. The van der Waals surface area contributed by atoms with Crippen molar-refractivity contribution in [3.05, 3.63) is 23.9 Å². The number of hydrogen-bond acceptors (Lipinski definition) is 4. The van der Waals surface area contributed by atoms with Crippen LogP contribution in [0.4, 0.5) is 0 Å². The molecule has 1 atom stereocenters. The molecule has 0 aliphatic heterocycles. The Kier molecular flexibility index (Phi) is 8.52. The Morgan fingerprint density at radius 3 is 2.76 bits per heavy atom. The second kappa shape index (κ2) is 10.9. The minimum absolute atomic E-state index is 0.201. The van der Waals surface area contributed by atoms with Crippen LogP contribution >= 0.6 is 0 Å². The molecule has 2 rings (SSSR count). The maximum Gasteiger partial charge on any atom is 0.213 e. The van der Waals surface area contributed by atoms with Gasteiger partial charge in [-0.2, -0.15) is 0 Å². The van der Waals surface area contributed by atoms with E-state index in [4.69, 9.17) is 9.47 Å². The molecule has 1 heterocycles. The summed E-state index contributed by atoms with van der Waals surface area (Å²) in [4.78, 5) is 9.04. The van der Waals surface area contributed by atoms with Gasteiger partial charge in [-0.15, -0.1) is 0 Å². The number of aliphatic imine (C=N–C) groups is 1. The average Bonchev–Trinajstić information content (AvgIpc) is 2.62. The van der Waals surface area contributed by atoms with E-state index in [1.165, 1.54) is 19.3 Å². The standard InChI is InChI=1S/C19H32N4O2/c1-4-20-19(23-15(2)14-24-3)22-13-16-10-11-18(21-12-16)25-17-8-6-5-7-9-17/h10-12,15,17H,4-9,13-14H2,1-3H3,(H2,20,22,23). The van der Waals surface area contributed by atoms with Crippen molar-refractivity contribution in [3.63, 3.8) is 0 Å². The molecular weight excluding hydrogens is 316 g/mol. The Hall–Kier alpha value is -1.82. The molecule has 1 fully saturated rings. The van der Waals surface area contributed by atoms with Crippen molar-refractivity contribution in [2.45, 2.75) is 64.6 Å². The zero-order valence-electron chi connectivity index (χ0n) is 15.8. The van der Waals surface area contributed by atoms with Crippen molar-refractivity contribution in [1.82, 2.24) is 15.6 Å². The number of nitrogens with one attached hydrogen (secondary N) is 2. The molecule has 1 unspecified atom stereocenters. The average molecular weight is 348 g/mol. The number of guanidine groups is 1. The van der Waals surface area contributed by atoms with Crippen LogP contribution in [0.25, 0.3) is 0 Å². The largest absolute Gasteiger partial charge is 0.474 e. The molecule has 6 nitrogen and oxygen atoms in total. The lowest BCUT2D eigenvalue weighted by Crippen LogP contribution is -2.43. The summed E-state index contributed by atoms with van der Waals surface area (Å²) in [6, 6.07) is 4.19. The van der Waals surface area contributed by atoms with Gasteiger partial charge in [0.15, 0.2) is 5.96 Å². The maximum atomic E-state index is 5.97. The molecule has 1 saturated carbocycles. The number of aromatic nitrogens is 1. The summed E-state index contributed by atoms with van der Waals surface area (Å²) in [6.07, 6.45) is 8.32. The topological polar surface area (TPSA) is 67.8 Å². The van der Waals surface area contributed by atoms with Gasteiger partial charge in [0.05, 0.1) is 13.2 Å². The fourth-order valence-corrected chi connectivity index (χ4v) is 2.94. The van der Waals surface area contributed by atoms with Gasteiger partial charge in [-0.05, 0) is 45.1 Å². The zero-order chi connectivity index (χ0) is 17.9. The molecule has 0 aromatic carbocycles. The minimum atomic E-state index is 0.201. The fraction of sp³-hybridized carbons (Fsp3) is 0.684. The van der Waals surface area contributed by atoms with Crippen LogP contribution in [0, 0.1) is 0 Å². The predicted octanol–water partition coefficient (Wildman–Crippen LogP) is 2.88. The lowest BCUT2D eigenvalue weighted by Gasteiger charge is -2.22. The molecule has 0 saturated heterocycles. The highest BCUT2D eigenvalue weighted by Gasteiger charge is 2.15. The first-order valence-corrected chi connectivity index (χ1v) is 9.36. The number of methoxy groups -OCH3 is 1. The van der Waals surface area contributed by atoms with Gasteiger partial charge in [-0.3, -0.25) is 0 Å². The van der Waals surface area contributed by atoms with Crippen LogP contribution in [-0.4, -0.2) is 43.4 Å². The number of nitrogens with zero attached hydrogens (tertiary/aromatic N) is 2. The summed E-state index contributed by atoms with van der Waals surface area (Å²) in [6.45, 7) is 6.15. The summed E-state index contributed by atoms with van der Waals surface area (Å²) in [5.74, 6) is 1.51. The highest BCUT2D eigenvalue weighted by atomic mass is 16.5. The van der Waals surface area contributed by atoms with E-state index in [2.05, 4.69) is 34.5 Å². The zero-order valence-corrected chi connectivity index (χ0v) is 15.8. The van der Waals surface area contributed by atoms with Gasteiger partial charge >= 0.3 is 0 Å². The van der Waals surface area contributed by atoms with Crippen molar-refractivity contribution in [3.8, 4) is 5.88 Å². The Morgan fingerprint density at radius 2 is 2.12 bits per heavy atom. The van der Waals surface area contributed by atoms with Crippen LogP contribution in [0.15, 0.2) is 23.3 Å². The van der Waals surface area contributed by atoms with Gasteiger partial charge in [0, 0.05) is 32.0 Å². The van der Waals surface area contributed by atoms with Crippen LogP contribution < -0.4 is 15.4 Å². The third-order valence-corrected chi connectivity index (χ3v) is 4.20. The van der Waals surface area contributed by atoms with Gasteiger partial charge in [-0.1, -0.05) is 12.5 Å². The van der Waals surface area contributed by atoms with Gasteiger partial charge in [0.2, 0.25) is 5.88 Å². The Bertz CT molecular complexity index is 513. The quantitative estimate of drug-likeness (QED) is 0.558. The SMILES string of the molecule is CCNC(=NCc1ccc(OC2CCCCC2)nc1)NC(C)COC. The van der Waals surface area contributed by atoms with Crippen LogP contribution in [0.5, 0.6) is 5.88 Å². The molecule has 2 N–H and O–H groups in total.